The number of fused-ring (bicyclic) bond motifs is 1. The van der Waals surface area contributed by atoms with E-state index in [9.17, 15) is 0 Å². The molecule has 0 amide bonds. The zero-order valence-corrected chi connectivity index (χ0v) is 14.0. The van der Waals surface area contributed by atoms with Crippen LogP contribution in [0.25, 0.3) is 10.8 Å². The van der Waals surface area contributed by atoms with Crippen LogP contribution in [0.4, 0.5) is 5.95 Å². The maximum atomic E-state index is 6.16. The minimum atomic E-state index is 0. The van der Waals surface area contributed by atoms with Crippen LogP contribution >= 0.6 is 12.4 Å². The molecule has 1 aromatic carbocycles. The van der Waals surface area contributed by atoms with Gasteiger partial charge in [0.1, 0.15) is 11.9 Å². The summed E-state index contributed by atoms with van der Waals surface area (Å²) in [6.45, 7) is 1.85. The maximum absolute atomic E-state index is 6.16. The molecular formula is C18H19ClN4O. The summed E-state index contributed by atoms with van der Waals surface area (Å²) in [5, 5.41) is 2.29. The van der Waals surface area contributed by atoms with Gasteiger partial charge in [-0.2, -0.15) is 0 Å². The summed E-state index contributed by atoms with van der Waals surface area (Å²) in [6.07, 6.45) is 9.46. The van der Waals surface area contributed by atoms with Gasteiger partial charge in [0.15, 0.2) is 0 Å². The molecule has 2 aromatic heterocycles. The lowest BCUT2D eigenvalue weighted by Crippen LogP contribution is -2.39. The smallest absolute Gasteiger partial charge is 0.225 e. The lowest BCUT2D eigenvalue weighted by molar-refractivity contribution is 0.170. The number of piperidine rings is 1. The van der Waals surface area contributed by atoms with Crippen LogP contribution in [0.5, 0.6) is 5.75 Å². The number of benzene rings is 1. The van der Waals surface area contributed by atoms with Crippen molar-refractivity contribution in [3.63, 3.8) is 0 Å². The normalized spacial score (nSPS) is 15.1. The average molecular weight is 343 g/mol. The second-order valence-corrected chi connectivity index (χ2v) is 5.74. The first-order valence-corrected chi connectivity index (χ1v) is 7.91. The Morgan fingerprint density at radius 3 is 2.54 bits per heavy atom. The van der Waals surface area contributed by atoms with E-state index in [2.05, 4.69) is 32.0 Å². The first-order chi connectivity index (χ1) is 11.4. The minimum absolute atomic E-state index is 0. The molecule has 1 fully saturated rings. The highest BCUT2D eigenvalue weighted by molar-refractivity contribution is 5.85. The van der Waals surface area contributed by atoms with Crippen LogP contribution in [0.3, 0.4) is 0 Å². The number of nitrogens with zero attached hydrogens (tertiary/aromatic N) is 4. The van der Waals surface area contributed by atoms with Gasteiger partial charge in [0, 0.05) is 56.1 Å². The SMILES string of the molecule is Cl.c1cnc(N2CCC(Oc3ccc4cnccc4c3)CC2)nc1. The van der Waals surface area contributed by atoms with Gasteiger partial charge in [0.2, 0.25) is 5.95 Å². The molecule has 1 saturated heterocycles. The highest BCUT2D eigenvalue weighted by Gasteiger charge is 2.22. The van der Waals surface area contributed by atoms with Crippen LogP contribution in [0.1, 0.15) is 12.8 Å². The summed E-state index contributed by atoms with van der Waals surface area (Å²) in [5.41, 5.74) is 0. The molecule has 5 nitrogen and oxygen atoms in total. The third-order valence-corrected chi connectivity index (χ3v) is 4.19. The van der Waals surface area contributed by atoms with E-state index in [1.807, 2.05) is 30.6 Å². The summed E-state index contributed by atoms with van der Waals surface area (Å²) < 4.78 is 6.16. The number of aromatic nitrogens is 3. The Morgan fingerprint density at radius 1 is 0.958 bits per heavy atom. The summed E-state index contributed by atoms with van der Waals surface area (Å²) in [5.74, 6) is 1.74. The van der Waals surface area contributed by atoms with Crippen LogP contribution in [0.2, 0.25) is 0 Å². The van der Waals surface area contributed by atoms with E-state index in [0.717, 1.165) is 48.4 Å². The predicted molar refractivity (Wildman–Crippen MR) is 96.9 cm³/mol. The molecule has 0 aliphatic carbocycles. The number of pyridine rings is 1. The van der Waals surface area contributed by atoms with Crippen molar-refractivity contribution in [2.24, 2.45) is 0 Å². The number of halogens is 1. The molecule has 0 saturated carbocycles. The Labute approximate surface area is 147 Å². The maximum Gasteiger partial charge on any atom is 0.225 e. The van der Waals surface area contributed by atoms with Crippen molar-refractivity contribution in [1.82, 2.24) is 15.0 Å². The molecule has 1 aliphatic rings. The second-order valence-electron chi connectivity index (χ2n) is 5.74. The van der Waals surface area contributed by atoms with Crippen molar-refractivity contribution in [3.05, 3.63) is 55.1 Å². The second kappa shape index (κ2) is 7.45. The van der Waals surface area contributed by atoms with E-state index in [4.69, 9.17) is 4.74 Å². The molecule has 0 bridgehead atoms. The van der Waals surface area contributed by atoms with E-state index in [0.29, 0.717) is 0 Å². The zero-order chi connectivity index (χ0) is 15.5. The van der Waals surface area contributed by atoms with E-state index in [-0.39, 0.29) is 18.5 Å². The van der Waals surface area contributed by atoms with E-state index >= 15 is 0 Å². The standard InChI is InChI=1S/C18H18N4O.ClH/c1-7-20-18(21-8-1)22-10-5-16(6-11-22)23-17-3-2-15-13-19-9-4-14(15)12-17;/h1-4,7-9,12-13,16H,5-6,10-11H2;1H. The molecule has 3 aromatic rings. The Balaban J connectivity index is 0.00000169. The Hall–Kier alpha value is -2.40. The van der Waals surface area contributed by atoms with Gasteiger partial charge in [-0.25, -0.2) is 9.97 Å². The lowest BCUT2D eigenvalue weighted by atomic mass is 10.1. The van der Waals surface area contributed by atoms with Crippen molar-refractivity contribution < 1.29 is 4.74 Å². The fraction of sp³-hybridized carbons (Fsp3) is 0.278. The molecule has 3 heterocycles. The highest BCUT2D eigenvalue weighted by Crippen LogP contribution is 2.24. The van der Waals surface area contributed by atoms with Crippen LogP contribution in [-0.2, 0) is 0 Å². The number of rotatable bonds is 3. The van der Waals surface area contributed by atoms with Gasteiger partial charge in [-0.15, -0.1) is 12.4 Å². The van der Waals surface area contributed by atoms with Crippen molar-refractivity contribution >= 4 is 29.1 Å². The van der Waals surface area contributed by atoms with Crippen LogP contribution in [-0.4, -0.2) is 34.1 Å². The van der Waals surface area contributed by atoms with Gasteiger partial charge in [0.25, 0.3) is 0 Å². The van der Waals surface area contributed by atoms with E-state index in [1.165, 1.54) is 0 Å². The molecule has 4 rings (SSSR count). The van der Waals surface area contributed by atoms with Gasteiger partial charge in [0.05, 0.1) is 0 Å². The third-order valence-electron chi connectivity index (χ3n) is 4.19. The molecular weight excluding hydrogens is 324 g/mol. The Kier molecular flexibility index (Phi) is 5.11. The number of hydrogen-bond donors (Lipinski definition) is 0. The van der Waals surface area contributed by atoms with Crippen LogP contribution in [0, 0.1) is 0 Å². The Morgan fingerprint density at radius 2 is 1.75 bits per heavy atom. The largest absolute Gasteiger partial charge is 0.490 e. The number of anilines is 1. The summed E-state index contributed by atoms with van der Waals surface area (Å²) in [6, 6.07) is 10.0. The molecule has 1 aliphatic heterocycles. The number of ether oxygens (including phenoxy) is 1. The first kappa shape index (κ1) is 16.5. The Bertz CT molecular complexity index is 791. The zero-order valence-electron chi connectivity index (χ0n) is 13.2. The van der Waals surface area contributed by atoms with Crippen molar-refractivity contribution in [2.75, 3.05) is 18.0 Å². The van der Waals surface area contributed by atoms with Gasteiger partial charge in [-0.1, -0.05) is 0 Å². The average Bonchev–Trinajstić information content (AvgIpc) is 2.63. The summed E-state index contributed by atoms with van der Waals surface area (Å²) in [4.78, 5) is 15.0. The summed E-state index contributed by atoms with van der Waals surface area (Å²) >= 11 is 0. The molecule has 0 N–H and O–H groups in total. The van der Waals surface area contributed by atoms with E-state index < -0.39 is 0 Å². The third kappa shape index (κ3) is 3.57. The molecule has 0 radical (unpaired) electrons. The van der Waals surface area contributed by atoms with Gasteiger partial charge in [-0.05, 0) is 35.7 Å². The van der Waals surface area contributed by atoms with Crippen molar-refractivity contribution in [1.29, 1.82) is 0 Å². The van der Waals surface area contributed by atoms with Crippen LogP contribution in [0.15, 0.2) is 55.1 Å². The fourth-order valence-corrected chi connectivity index (χ4v) is 2.96. The first-order valence-electron chi connectivity index (χ1n) is 7.91. The van der Waals surface area contributed by atoms with Gasteiger partial charge >= 0.3 is 0 Å². The fourth-order valence-electron chi connectivity index (χ4n) is 2.96. The lowest BCUT2D eigenvalue weighted by Gasteiger charge is -2.32. The van der Waals surface area contributed by atoms with Crippen molar-refractivity contribution in [2.45, 2.75) is 18.9 Å². The minimum Gasteiger partial charge on any atom is -0.490 e. The van der Waals surface area contributed by atoms with E-state index in [1.54, 1.807) is 12.4 Å². The van der Waals surface area contributed by atoms with Gasteiger partial charge < -0.3 is 9.64 Å². The molecule has 0 atom stereocenters. The molecule has 124 valence electrons. The molecule has 0 spiro atoms. The quantitative estimate of drug-likeness (QED) is 0.729. The topological polar surface area (TPSA) is 51.1 Å². The summed E-state index contributed by atoms with van der Waals surface area (Å²) in [7, 11) is 0. The molecule has 0 unspecified atom stereocenters. The number of hydrogen-bond acceptors (Lipinski definition) is 5. The van der Waals surface area contributed by atoms with Crippen molar-refractivity contribution in [3.8, 4) is 5.75 Å². The predicted octanol–water partition coefficient (Wildman–Crippen LogP) is 3.49. The van der Waals surface area contributed by atoms with Crippen LogP contribution < -0.4 is 9.64 Å². The molecule has 6 heteroatoms. The monoisotopic (exact) mass is 342 g/mol. The molecule has 24 heavy (non-hydrogen) atoms. The van der Waals surface area contributed by atoms with Gasteiger partial charge in [-0.3, -0.25) is 4.98 Å². The highest BCUT2D eigenvalue weighted by atomic mass is 35.5.